The highest BCUT2D eigenvalue weighted by Gasteiger charge is 2.10. The number of hydrogen-bond acceptors (Lipinski definition) is 3. The average molecular weight is 273 g/mol. The number of methoxy groups -OCH3 is 1. The first kappa shape index (κ1) is 14.6. The van der Waals surface area contributed by atoms with Crippen LogP contribution in [0.1, 0.15) is 24.6 Å². The maximum Gasteiger partial charge on any atom is 0.123 e. The summed E-state index contributed by atoms with van der Waals surface area (Å²) in [7, 11) is 3.65. The lowest BCUT2D eigenvalue weighted by molar-refractivity contribution is 0.408. The monoisotopic (exact) mass is 273 g/mol. The fraction of sp³-hybridized carbons (Fsp3) is 0.438. The van der Waals surface area contributed by atoms with Crippen LogP contribution < -0.4 is 10.1 Å². The molecule has 0 fully saturated rings. The second-order valence-corrected chi connectivity index (χ2v) is 4.92. The van der Waals surface area contributed by atoms with E-state index in [2.05, 4.69) is 41.1 Å². The standard InChI is InChI=1S/C16H23N3O/c1-5-8-19-12(2)15(11-18-19)13-6-7-16(20-4)14(9-13)10-17-3/h6-7,9,11,17H,5,8,10H2,1-4H3. The first-order chi connectivity index (χ1) is 9.71. The van der Waals surface area contributed by atoms with E-state index in [1.807, 2.05) is 19.3 Å². The number of ether oxygens (including phenoxy) is 1. The van der Waals surface area contributed by atoms with Crippen LogP contribution in [-0.2, 0) is 13.1 Å². The van der Waals surface area contributed by atoms with Gasteiger partial charge in [-0.1, -0.05) is 13.0 Å². The highest BCUT2D eigenvalue weighted by Crippen LogP contribution is 2.28. The van der Waals surface area contributed by atoms with Crippen LogP contribution in [0.15, 0.2) is 24.4 Å². The number of benzene rings is 1. The van der Waals surface area contributed by atoms with Crippen LogP contribution in [0.5, 0.6) is 5.75 Å². The molecule has 0 spiro atoms. The van der Waals surface area contributed by atoms with Crippen molar-refractivity contribution in [3.8, 4) is 16.9 Å². The lowest BCUT2D eigenvalue weighted by Gasteiger charge is -2.10. The number of hydrogen-bond donors (Lipinski definition) is 1. The van der Waals surface area contributed by atoms with Gasteiger partial charge in [0, 0.05) is 29.9 Å². The molecule has 20 heavy (non-hydrogen) atoms. The molecule has 1 N–H and O–H groups in total. The fourth-order valence-electron chi connectivity index (χ4n) is 2.44. The van der Waals surface area contributed by atoms with E-state index in [1.165, 1.54) is 16.8 Å². The number of nitrogens with one attached hydrogen (secondary N) is 1. The van der Waals surface area contributed by atoms with Gasteiger partial charge in [-0.2, -0.15) is 5.10 Å². The van der Waals surface area contributed by atoms with Gasteiger partial charge in [0.05, 0.1) is 13.3 Å². The molecule has 0 saturated heterocycles. The van der Waals surface area contributed by atoms with Crippen LogP contribution in [0, 0.1) is 6.92 Å². The maximum absolute atomic E-state index is 5.40. The summed E-state index contributed by atoms with van der Waals surface area (Å²) in [6.45, 7) is 6.05. The third-order valence-electron chi connectivity index (χ3n) is 3.50. The van der Waals surface area contributed by atoms with E-state index in [0.717, 1.165) is 30.8 Å². The molecule has 0 aliphatic heterocycles. The van der Waals surface area contributed by atoms with Crippen LogP contribution in [0.25, 0.3) is 11.1 Å². The molecule has 108 valence electrons. The zero-order chi connectivity index (χ0) is 14.5. The number of aromatic nitrogens is 2. The van der Waals surface area contributed by atoms with Crippen molar-refractivity contribution >= 4 is 0 Å². The smallest absolute Gasteiger partial charge is 0.123 e. The normalized spacial score (nSPS) is 10.8. The van der Waals surface area contributed by atoms with Crippen molar-refractivity contribution in [3.63, 3.8) is 0 Å². The predicted molar refractivity (Wildman–Crippen MR) is 82.0 cm³/mol. The van der Waals surface area contributed by atoms with Gasteiger partial charge in [-0.3, -0.25) is 4.68 Å². The van der Waals surface area contributed by atoms with Crippen molar-refractivity contribution in [1.82, 2.24) is 15.1 Å². The Balaban J connectivity index is 2.40. The molecule has 4 heteroatoms. The summed E-state index contributed by atoms with van der Waals surface area (Å²) in [4.78, 5) is 0. The van der Waals surface area contributed by atoms with E-state index in [9.17, 15) is 0 Å². The van der Waals surface area contributed by atoms with E-state index in [1.54, 1.807) is 7.11 Å². The molecule has 1 aromatic heterocycles. The van der Waals surface area contributed by atoms with Gasteiger partial charge in [-0.05, 0) is 38.1 Å². The van der Waals surface area contributed by atoms with Gasteiger partial charge >= 0.3 is 0 Å². The third kappa shape index (κ3) is 2.85. The number of aryl methyl sites for hydroxylation is 1. The zero-order valence-corrected chi connectivity index (χ0v) is 12.7. The van der Waals surface area contributed by atoms with Crippen molar-refractivity contribution in [2.45, 2.75) is 33.4 Å². The average Bonchev–Trinajstić information content (AvgIpc) is 2.81. The molecular formula is C16H23N3O. The van der Waals surface area contributed by atoms with Crippen LogP contribution in [0.2, 0.25) is 0 Å². The largest absolute Gasteiger partial charge is 0.496 e. The second-order valence-electron chi connectivity index (χ2n) is 4.92. The van der Waals surface area contributed by atoms with Crippen molar-refractivity contribution in [1.29, 1.82) is 0 Å². The number of rotatable bonds is 6. The Morgan fingerprint density at radius 3 is 2.80 bits per heavy atom. The van der Waals surface area contributed by atoms with Crippen molar-refractivity contribution in [2.24, 2.45) is 0 Å². The van der Waals surface area contributed by atoms with Crippen LogP contribution in [0.4, 0.5) is 0 Å². The lowest BCUT2D eigenvalue weighted by Crippen LogP contribution is -2.06. The summed E-state index contributed by atoms with van der Waals surface area (Å²) in [5.41, 5.74) is 4.76. The lowest BCUT2D eigenvalue weighted by atomic mass is 10.0. The Hall–Kier alpha value is -1.81. The van der Waals surface area contributed by atoms with Gasteiger partial charge in [0.2, 0.25) is 0 Å². The van der Waals surface area contributed by atoms with Gasteiger partial charge in [0.25, 0.3) is 0 Å². The van der Waals surface area contributed by atoms with Crippen LogP contribution in [0.3, 0.4) is 0 Å². The molecule has 2 rings (SSSR count). The number of nitrogens with zero attached hydrogens (tertiary/aromatic N) is 2. The SMILES string of the molecule is CCCn1ncc(-c2ccc(OC)c(CNC)c2)c1C. The van der Waals surface area contributed by atoms with E-state index in [0.29, 0.717) is 0 Å². The highest BCUT2D eigenvalue weighted by atomic mass is 16.5. The quantitative estimate of drug-likeness (QED) is 0.879. The third-order valence-corrected chi connectivity index (χ3v) is 3.50. The van der Waals surface area contributed by atoms with Gasteiger partial charge in [-0.25, -0.2) is 0 Å². The Kier molecular flexibility index (Phi) is 4.79. The Labute approximate surface area is 120 Å². The molecule has 0 saturated carbocycles. The van der Waals surface area contributed by atoms with Crippen molar-refractivity contribution in [3.05, 3.63) is 35.7 Å². The molecular weight excluding hydrogens is 250 g/mol. The molecule has 1 heterocycles. The molecule has 4 nitrogen and oxygen atoms in total. The van der Waals surface area contributed by atoms with E-state index < -0.39 is 0 Å². The van der Waals surface area contributed by atoms with E-state index >= 15 is 0 Å². The molecule has 0 radical (unpaired) electrons. The molecule has 0 unspecified atom stereocenters. The van der Waals surface area contributed by atoms with Gasteiger partial charge in [-0.15, -0.1) is 0 Å². The first-order valence-corrected chi connectivity index (χ1v) is 7.05. The zero-order valence-electron chi connectivity index (χ0n) is 12.7. The maximum atomic E-state index is 5.40. The Morgan fingerprint density at radius 1 is 1.35 bits per heavy atom. The topological polar surface area (TPSA) is 39.1 Å². The molecule has 0 aliphatic rings. The highest BCUT2D eigenvalue weighted by molar-refractivity contribution is 5.67. The van der Waals surface area contributed by atoms with Crippen LogP contribution >= 0.6 is 0 Å². The van der Waals surface area contributed by atoms with E-state index in [-0.39, 0.29) is 0 Å². The predicted octanol–water partition coefficient (Wildman–Crippen LogP) is 3.00. The molecule has 0 aliphatic carbocycles. The summed E-state index contributed by atoms with van der Waals surface area (Å²) in [6, 6.07) is 6.30. The summed E-state index contributed by atoms with van der Waals surface area (Å²) in [5.74, 6) is 0.918. The van der Waals surface area contributed by atoms with E-state index in [4.69, 9.17) is 4.74 Å². The summed E-state index contributed by atoms with van der Waals surface area (Å²) in [5, 5.41) is 7.65. The molecule has 2 aromatic rings. The summed E-state index contributed by atoms with van der Waals surface area (Å²) >= 11 is 0. The van der Waals surface area contributed by atoms with Crippen molar-refractivity contribution in [2.75, 3.05) is 14.2 Å². The Bertz CT molecular complexity index is 575. The molecule has 1 aromatic carbocycles. The minimum Gasteiger partial charge on any atom is -0.496 e. The minimum absolute atomic E-state index is 0.791. The van der Waals surface area contributed by atoms with Crippen molar-refractivity contribution < 1.29 is 4.74 Å². The van der Waals surface area contributed by atoms with Gasteiger partial charge in [0.15, 0.2) is 0 Å². The summed E-state index contributed by atoms with van der Waals surface area (Å²) in [6.07, 6.45) is 3.05. The Morgan fingerprint density at radius 2 is 2.15 bits per heavy atom. The van der Waals surface area contributed by atoms with Gasteiger partial charge < -0.3 is 10.1 Å². The fourth-order valence-corrected chi connectivity index (χ4v) is 2.44. The minimum atomic E-state index is 0.791. The molecule has 0 bridgehead atoms. The second kappa shape index (κ2) is 6.57. The molecule has 0 amide bonds. The van der Waals surface area contributed by atoms with Crippen LogP contribution in [-0.4, -0.2) is 23.9 Å². The van der Waals surface area contributed by atoms with Gasteiger partial charge in [0.1, 0.15) is 5.75 Å². The first-order valence-electron chi connectivity index (χ1n) is 7.05. The summed E-state index contributed by atoms with van der Waals surface area (Å²) < 4.78 is 7.47. The molecule has 0 atom stereocenters.